The fourth-order valence-corrected chi connectivity index (χ4v) is 4.47. The molecule has 0 radical (unpaired) electrons. The minimum atomic E-state index is -0.603. The number of amides is 2. The molecule has 6 heteroatoms. The summed E-state index contributed by atoms with van der Waals surface area (Å²) in [6.45, 7) is 0.588. The lowest BCUT2D eigenvalue weighted by Crippen LogP contribution is -2.46. The third kappa shape index (κ3) is 6.35. The molecule has 1 aliphatic heterocycles. The summed E-state index contributed by atoms with van der Waals surface area (Å²) in [4.78, 5) is 40.3. The van der Waals surface area contributed by atoms with Crippen LogP contribution in [-0.2, 0) is 25.5 Å². The monoisotopic (exact) mass is 470 g/mol. The molecule has 1 atom stereocenters. The van der Waals surface area contributed by atoms with Gasteiger partial charge in [0.2, 0.25) is 11.8 Å². The topological polar surface area (TPSA) is 75.7 Å². The molecule has 1 saturated heterocycles. The molecule has 0 aliphatic carbocycles. The van der Waals surface area contributed by atoms with Crippen molar-refractivity contribution in [3.63, 3.8) is 0 Å². The van der Waals surface area contributed by atoms with Crippen LogP contribution in [0.25, 0.3) is 0 Å². The van der Waals surface area contributed by atoms with Crippen LogP contribution in [0, 0.1) is 0 Å². The maximum Gasteiger partial charge on any atom is 0.328 e. The van der Waals surface area contributed by atoms with Crippen LogP contribution in [-0.4, -0.2) is 48.4 Å². The average Bonchev–Trinajstić information content (AvgIpc) is 3.40. The summed E-state index contributed by atoms with van der Waals surface area (Å²) in [7, 11) is 0. The van der Waals surface area contributed by atoms with Gasteiger partial charge in [0.1, 0.15) is 6.04 Å². The van der Waals surface area contributed by atoms with E-state index in [9.17, 15) is 14.4 Å². The highest BCUT2D eigenvalue weighted by atomic mass is 16.5. The molecule has 0 saturated carbocycles. The zero-order chi connectivity index (χ0) is 24.5. The second-order valence-electron chi connectivity index (χ2n) is 8.62. The van der Waals surface area contributed by atoms with E-state index in [1.165, 1.54) is 4.90 Å². The molecule has 4 rings (SSSR count). The van der Waals surface area contributed by atoms with Gasteiger partial charge in [-0.25, -0.2) is 4.79 Å². The number of carbonyl (C=O) groups excluding carboxylic acids is 3. The molecule has 6 nitrogen and oxygen atoms in total. The van der Waals surface area contributed by atoms with Gasteiger partial charge >= 0.3 is 5.97 Å². The van der Waals surface area contributed by atoms with E-state index in [1.54, 1.807) is 0 Å². The summed E-state index contributed by atoms with van der Waals surface area (Å²) in [5.74, 6) is -1.44. The summed E-state index contributed by atoms with van der Waals surface area (Å²) >= 11 is 0. The van der Waals surface area contributed by atoms with E-state index in [2.05, 4.69) is 5.32 Å². The van der Waals surface area contributed by atoms with Crippen LogP contribution < -0.4 is 5.32 Å². The van der Waals surface area contributed by atoms with E-state index in [4.69, 9.17) is 4.74 Å². The Morgan fingerprint density at radius 2 is 1.43 bits per heavy atom. The molecule has 1 heterocycles. The van der Waals surface area contributed by atoms with Crippen molar-refractivity contribution < 1.29 is 19.1 Å². The van der Waals surface area contributed by atoms with Crippen molar-refractivity contribution in [3.8, 4) is 0 Å². The highest BCUT2D eigenvalue weighted by Crippen LogP contribution is 2.25. The van der Waals surface area contributed by atoms with E-state index in [-0.39, 0.29) is 30.9 Å². The Morgan fingerprint density at radius 3 is 2.03 bits per heavy atom. The predicted molar refractivity (Wildman–Crippen MR) is 134 cm³/mol. The molecular formula is C29H30N2O4. The van der Waals surface area contributed by atoms with E-state index in [0.29, 0.717) is 19.4 Å². The fourth-order valence-electron chi connectivity index (χ4n) is 4.47. The highest BCUT2D eigenvalue weighted by Gasteiger charge is 2.35. The molecule has 1 fully saturated rings. The van der Waals surface area contributed by atoms with Crippen molar-refractivity contribution >= 4 is 17.8 Å². The number of nitrogens with one attached hydrogen (secondary N) is 1. The first-order valence-electron chi connectivity index (χ1n) is 12.0. The molecule has 35 heavy (non-hydrogen) atoms. The molecule has 180 valence electrons. The van der Waals surface area contributed by atoms with E-state index in [0.717, 1.165) is 23.1 Å². The molecular weight excluding hydrogens is 440 g/mol. The first-order chi connectivity index (χ1) is 17.1. The first kappa shape index (κ1) is 24.2. The zero-order valence-corrected chi connectivity index (χ0v) is 19.6. The van der Waals surface area contributed by atoms with Gasteiger partial charge < -0.3 is 15.0 Å². The minimum Gasteiger partial charge on any atom is -0.464 e. The molecule has 2 amide bonds. The second kappa shape index (κ2) is 12.0. The molecule has 0 unspecified atom stereocenters. The van der Waals surface area contributed by atoms with Crippen LogP contribution in [0.1, 0.15) is 35.4 Å². The molecule has 0 spiro atoms. The first-order valence-corrected chi connectivity index (χ1v) is 12.0. The van der Waals surface area contributed by atoms with Crippen molar-refractivity contribution in [2.45, 2.75) is 31.2 Å². The van der Waals surface area contributed by atoms with E-state index < -0.39 is 12.0 Å². The van der Waals surface area contributed by atoms with Crippen LogP contribution in [0.2, 0.25) is 0 Å². The number of rotatable bonds is 9. The summed E-state index contributed by atoms with van der Waals surface area (Å²) in [6, 6.07) is 28.2. The van der Waals surface area contributed by atoms with Crippen LogP contribution in [0.15, 0.2) is 91.0 Å². The Labute approximate surface area is 205 Å². The molecule has 0 aromatic heterocycles. The van der Waals surface area contributed by atoms with Crippen molar-refractivity contribution in [3.05, 3.63) is 108 Å². The third-order valence-corrected chi connectivity index (χ3v) is 6.26. The highest BCUT2D eigenvalue weighted by molar-refractivity contribution is 5.92. The maximum atomic E-state index is 13.2. The number of benzene rings is 3. The fraction of sp³-hybridized carbons (Fsp3) is 0.276. The Hall–Kier alpha value is -3.93. The van der Waals surface area contributed by atoms with Gasteiger partial charge in [0.15, 0.2) is 0 Å². The van der Waals surface area contributed by atoms with Gasteiger partial charge in [-0.15, -0.1) is 0 Å². The normalized spacial score (nSPS) is 15.1. The third-order valence-electron chi connectivity index (χ3n) is 6.26. The van der Waals surface area contributed by atoms with Crippen LogP contribution in [0.4, 0.5) is 0 Å². The quantitative estimate of drug-likeness (QED) is 0.484. The zero-order valence-electron chi connectivity index (χ0n) is 19.6. The van der Waals surface area contributed by atoms with Gasteiger partial charge in [-0.3, -0.25) is 9.59 Å². The Bertz CT molecular complexity index is 1080. The summed E-state index contributed by atoms with van der Waals surface area (Å²) in [5, 5.41) is 2.80. The van der Waals surface area contributed by atoms with Gasteiger partial charge in [0.25, 0.3) is 0 Å². The number of hydrogen-bond donors (Lipinski definition) is 1. The SMILES string of the molecule is O=C(NCC(=O)N1CCC[C@H]1C(=O)OCCc1ccccc1)C(c1ccccc1)c1ccccc1. The van der Waals surface area contributed by atoms with Gasteiger partial charge in [-0.2, -0.15) is 0 Å². The van der Waals surface area contributed by atoms with Crippen molar-refractivity contribution in [2.24, 2.45) is 0 Å². The molecule has 0 bridgehead atoms. The summed E-state index contributed by atoms with van der Waals surface area (Å²) < 4.78 is 5.47. The number of likely N-dealkylation sites (tertiary alicyclic amines) is 1. The lowest BCUT2D eigenvalue weighted by Gasteiger charge is -2.24. The molecule has 3 aromatic rings. The van der Waals surface area contributed by atoms with Crippen LogP contribution >= 0.6 is 0 Å². The Kier molecular flexibility index (Phi) is 8.28. The maximum absolute atomic E-state index is 13.2. The van der Waals surface area contributed by atoms with Gasteiger partial charge in [0.05, 0.1) is 19.1 Å². The van der Waals surface area contributed by atoms with Gasteiger partial charge in [-0.05, 0) is 29.5 Å². The average molecular weight is 471 g/mol. The van der Waals surface area contributed by atoms with Crippen LogP contribution in [0.3, 0.4) is 0 Å². The lowest BCUT2D eigenvalue weighted by molar-refractivity contribution is -0.153. The molecule has 1 aliphatic rings. The smallest absolute Gasteiger partial charge is 0.328 e. The van der Waals surface area contributed by atoms with Gasteiger partial charge in [-0.1, -0.05) is 91.0 Å². The minimum absolute atomic E-state index is 0.164. The van der Waals surface area contributed by atoms with E-state index >= 15 is 0 Å². The standard InChI is InChI=1S/C29H30N2O4/c32-26(31-19-10-17-25(31)29(34)35-20-18-22-11-4-1-5-12-22)21-30-28(33)27(23-13-6-2-7-14-23)24-15-8-3-9-16-24/h1-9,11-16,25,27H,10,17-21H2,(H,30,33)/t25-/m0/s1. The van der Waals surface area contributed by atoms with Gasteiger partial charge in [0, 0.05) is 13.0 Å². The number of ether oxygens (including phenoxy) is 1. The summed E-state index contributed by atoms with van der Waals surface area (Å²) in [5.41, 5.74) is 2.79. The lowest BCUT2D eigenvalue weighted by atomic mass is 9.90. The predicted octanol–water partition coefficient (Wildman–Crippen LogP) is 3.71. The second-order valence-corrected chi connectivity index (χ2v) is 8.62. The summed E-state index contributed by atoms with van der Waals surface area (Å²) in [6.07, 6.45) is 1.93. The van der Waals surface area contributed by atoms with Crippen molar-refractivity contribution in [1.82, 2.24) is 10.2 Å². The van der Waals surface area contributed by atoms with Crippen LogP contribution in [0.5, 0.6) is 0 Å². The number of esters is 1. The largest absolute Gasteiger partial charge is 0.464 e. The number of carbonyl (C=O) groups is 3. The van der Waals surface area contributed by atoms with E-state index in [1.807, 2.05) is 91.0 Å². The van der Waals surface area contributed by atoms with Crippen molar-refractivity contribution in [2.75, 3.05) is 19.7 Å². The molecule has 3 aromatic carbocycles. The van der Waals surface area contributed by atoms with Crippen molar-refractivity contribution in [1.29, 1.82) is 0 Å². The number of nitrogens with zero attached hydrogens (tertiary/aromatic N) is 1. The Balaban J connectivity index is 1.34. The Morgan fingerprint density at radius 1 is 0.857 bits per heavy atom. The number of hydrogen-bond acceptors (Lipinski definition) is 4. The molecule has 1 N–H and O–H groups in total.